The summed E-state index contributed by atoms with van der Waals surface area (Å²) in [6.07, 6.45) is 5.18. The molecule has 0 amide bonds. The zero-order valence-electron chi connectivity index (χ0n) is 13.0. The summed E-state index contributed by atoms with van der Waals surface area (Å²) >= 11 is 0. The fourth-order valence-corrected chi connectivity index (χ4v) is 2.34. The number of benzene rings is 1. The molecule has 1 aromatic heterocycles. The summed E-state index contributed by atoms with van der Waals surface area (Å²) in [6, 6.07) is 8.53. The molecule has 2 aromatic rings. The van der Waals surface area contributed by atoms with Crippen LogP contribution in [0.5, 0.6) is 0 Å². The van der Waals surface area contributed by atoms with Gasteiger partial charge in [-0.3, -0.25) is 4.68 Å². The van der Waals surface area contributed by atoms with Gasteiger partial charge in [0.1, 0.15) is 0 Å². The fourth-order valence-electron chi connectivity index (χ4n) is 2.34. The molecular weight excluding hydrogens is 246 g/mol. The standard InChI is InChI=1S/C17H25N3/c1-5-10-20-13-14(12-19-20)11-18-16-9-7-6-8-15(16)17(2,3)4/h6-9,12-13,18H,5,10-11H2,1-4H3. The van der Waals surface area contributed by atoms with Crippen molar-refractivity contribution in [2.75, 3.05) is 5.32 Å². The van der Waals surface area contributed by atoms with Crippen LogP contribution in [0.3, 0.4) is 0 Å². The molecule has 1 aromatic carbocycles. The number of para-hydroxylation sites is 1. The van der Waals surface area contributed by atoms with E-state index in [2.05, 4.69) is 68.6 Å². The van der Waals surface area contributed by atoms with Gasteiger partial charge < -0.3 is 5.32 Å². The topological polar surface area (TPSA) is 29.9 Å². The smallest absolute Gasteiger partial charge is 0.0539 e. The molecule has 0 unspecified atom stereocenters. The first-order valence-corrected chi connectivity index (χ1v) is 7.35. The summed E-state index contributed by atoms with van der Waals surface area (Å²) in [6.45, 7) is 10.7. The number of aryl methyl sites for hydroxylation is 1. The molecule has 0 radical (unpaired) electrons. The predicted molar refractivity (Wildman–Crippen MR) is 85.0 cm³/mol. The average molecular weight is 271 g/mol. The lowest BCUT2D eigenvalue weighted by atomic mass is 9.86. The van der Waals surface area contributed by atoms with E-state index >= 15 is 0 Å². The van der Waals surface area contributed by atoms with Gasteiger partial charge in [-0.15, -0.1) is 0 Å². The average Bonchev–Trinajstić information content (AvgIpc) is 2.84. The predicted octanol–water partition coefficient (Wildman–Crippen LogP) is 4.20. The maximum atomic E-state index is 4.37. The number of anilines is 1. The molecule has 0 fully saturated rings. The van der Waals surface area contributed by atoms with Crippen LogP contribution in [-0.2, 0) is 18.5 Å². The molecule has 1 N–H and O–H groups in total. The molecule has 108 valence electrons. The van der Waals surface area contributed by atoms with E-state index in [1.54, 1.807) is 0 Å². The van der Waals surface area contributed by atoms with Gasteiger partial charge in [0.05, 0.1) is 6.20 Å². The van der Waals surface area contributed by atoms with Crippen LogP contribution >= 0.6 is 0 Å². The maximum absolute atomic E-state index is 4.37. The van der Waals surface area contributed by atoms with Gasteiger partial charge in [0.25, 0.3) is 0 Å². The SMILES string of the molecule is CCCn1cc(CNc2ccccc2C(C)(C)C)cn1. The van der Waals surface area contributed by atoms with E-state index in [1.807, 2.05) is 10.9 Å². The lowest BCUT2D eigenvalue weighted by molar-refractivity contribution is 0.591. The van der Waals surface area contributed by atoms with Crippen molar-refractivity contribution in [3.63, 3.8) is 0 Å². The first kappa shape index (κ1) is 14.6. The number of nitrogens with zero attached hydrogens (tertiary/aromatic N) is 2. The van der Waals surface area contributed by atoms with Gasteiger partial charge in [-0.25, -0.2) is 0 Å². The molecule has 0 aliphatic heterocycles. The van der Waals surface area contributed by atoms with E-state index in [-0.39, 0.29) is 5.41 Å². The van der Waals surface area contributed by atoms with Gasteiger partial charge >= 0.3 is 0 Å². The Balaban J connectivity index is 2.07. The van der Waals surface area contributed by atoms with Gasteiger partial charge in [-0.2, -0.15) is 5.10 Å². The third-order valence-electron chi connectivity index (χ3n) is 3.36. The minimum Gasteiger partial charge on any atom is -0.381 e. The first-order valence-electron chi connectivity index (χ1n) is 7.35. The van der Waals surface area contributed by atoms with Crippen LogP contribution in [-0.4, -0.2) is 9.78 Å². The van der Waals surface area contributed by atoms with E-state index in [4.69, 9.17) is 0 Å². The monoisotopic (exact) mass is 271 g/mol. The maximum Gasteiger partial charge on any atom is 0.0539 e. The minimum atomic E-state index is 0.149. The van der Waals surface area contributed by atoms with Crippen LogP contribution in [0.2, 0.25) is 0 Å². The largest absolute Gasteiger partial charge is 0.381 e. The second-order valence-corrected chi connectivity index (χ2v) is 6.26. The van der Waals surface area contributed by atoms with Crippen molar-refractivity contribution < 1.29 is 0 Å². The molecule has 0 saturated carbocycles. The Morgan fingerprint density at radius 2 is 1.95 bits per heavy atom. The van der Waals surface area contributed by atoms with E-state index in [9.17, 15) is 0 Å². The Bertz CT molecular complexity index is 549. The lowest BCUT2D eigenvalue weighted by Gasteiger charge is -2.23. The summed E-state index contributed by atoms with van der Waals surface area (Å²) < 4.78 is 2.01. The zero-order chi connectivity index (χ0) is 14.6. The van der Waals surface area contributed by atoms with E-state index in [1.165, 1.54) is 16.8 Å². The van der Waals surface area contributed by atoms with Crippen LogP contribution in [0.25, 0.3) is 0 Å². The molecule has 0 aliphatic carbocycles. The molecule has 3 nitrogen and oxygen atoms in total. The molecule has 0 saturated heterocycles. The first-order chi connectivity index (χ1) is 9.50. The van der Waals surface area contributed by atoms with E-state index < -0.39 is 0 Å². The van der Waals surface area contributed by atoms with Gasteiger partial charge in [0, 0.05) is 30.5 Å². The minimum absolute atomic E-state index is 0.149. The van der Waals surface area contributed by atoms with Crippen LogP contribution in [0.1, 0.15) is 45.2 Å². The van der Waals surface area contributed by atoms with E-state index in [0.717, 1.165) is 19.5 Å². The molecule has 2 rings (SSSR count). The molecule has 1 heterocycles. The Labute approximate surface area is 122 Å². The lowest BCUT2D eigenvalue weighted by Crippen LogP contribution is -2.14. The number of rotatable bonds is 5. The van der Waals surface area contributed by atoms with Gasteiger partial charge in [-0.1, -0.05) is 45.9 Å². The summed E-state index contributed by atoms with van der Waals surface area (Å²) in [5.74, 6) is 0. The highest BCUT2D eigenvalue weighted by atomic mass is 15.3. The normalized spacial score (nSPS) is 11.6. The summed E-state index contributed by atoms with van der Waals surface area (Å²) in [5.41, 5.74) is 3.93. The second-order valence-electron chi connectivity index (χ2n) is 6.26. The van der Waals surface area contributed by atoms with Crippen molar-refractivity contribution in [2.45, 2.75) is 52.6 Å². The summed E-state index contributed by atoms with van der Waals surface area (Å²) in [4.78, 5) is 0. The van der Waals surface area contributed by atoms with Crippen LogP contribution in [0.4, 0.5) is 5.69 Å². The molecular formula is C17H25N3. The fraction of sp³-hybridized carbons (Fsp3) is 0.471. The van der Waals surface area contributed by atoms with Crippen molar-refractivity contribution in [3.05, 3.63) is 47.8 Å². The second kappa shape index (κ2) is 6.12. The quantitative estimate of drug-likeness (QED) is 0.883. The highest BCUT2D eigenvalue weighted by Gasteiger charge is 2.17. The van der Waals surface area contributed by atoms with Crippen molar-refractivity contribution in [3.8, 4) is 0 Å². The number of hydrogen-bond donors (Lipinski definition) is 1. The molecule has 0 spiro atoms. The molecule has 0 bridgehead atoms. The highest BCUT2D eigenvalue weighted by molar-refractivity contribution is 5.54. The van der Waals surface area contributed by atoms with Crippen molar-refractivity contribution in [1.29, 1.82) is 0 Å². The third kappa shape index (κ3) is 3.62. The summed E-state index contributed by atoms with van der Waals surface area (Å²) in [7, 11) is 0. The van der Waals surface area contributed by atoms with Crippen molar-refractivity contribution in [2.24, 2.45) is 0 Å². The van der Waals surface area contributed by atoms with Gasteiger partial charge in [0.2, 0.25) is 0 Å². The number of nitrogens with one attached hydrogen (secondary N) is 1. The molecule has 3 heteroatoms. The van der Waals surface area contributed by atoms with Crippen molar-refractivity contribution >= 4 is 5.69 Å². The Morgan fingerprint density at radius 1 is 1.20 bits per heavy atom. The number of hydrogen-bond acceptors (Lipinski definition) is 2. The van der Waals surface area contributed by atoms with Crippen LogP contribution in [0.15, 0.2) is 36.7 Å². The Hall–Kier alpha value is -1.77. The Kier molecular flexibility index (Phi) is 4.48. The number of aromatic nitrogens is 2. The molecule has 0 atom stereocenters. The third-order valence-corrected chi connectivity index (χ3v) is 3.36. The van der Waals surface area contributed by atoms with Crippen LogP contribution in [0, 0.1) is 0 Å². The highest BCUT2D eigenvalue weighted by Crippen LogP contribution is 2.29. The molecule has 0 aliphatic rings. The van der Waals surface area contributed by atoms with Crippen LogP contribution < -0.4 is 5.32 Å². The van der Waals surface area contributed by atoms with Gasteiger partial charge in [-0.05, 0) is 23.5 Å². The summed E-state index contributed by atoms with van der Waals surface area (Å²) in [5, 5.41) is 7.90. The Morgan fingerprint density at radius 3 is 2.65 bits per heavy atom. The zero-order valence-corrected chi connectivity index (χ0v) is 13.0. The molecule has 20 heavy (non-hydrogen) atoms. The van der Waals surface area contributed by atoms with Crippen molar-refractivity contribution in [1.82, 2.24) is 9.78 Å². The van der Waals surface area contributed by atoms with Gasteiger partial charge in [0.15, 0.2) is 0 Å². The van der Waals surface area contributed by atoms with E-state index in [0.29, 0.717) is 0 Å².